The monoisotopic (exact) mass is 428 g/mol. The van der Waals surface area contributed by atoms with E-state index in [1.807, 2.05) is 0 Å². The maximum atomic E-state index is 14.3. The molecule has 8 nitrogen and oxygen atoms in total. The van der Waals surface area contributed by atoms with Crippen LogP contribution in [0, 0.1) is 21.8 Å². The van der Waals surface area contributed by atoms with Crippen LogP contribution in [-0.2, 0) is 14.8 Å². The van der Waals surface area contributed by atoms with Crippen LogP contribution in [0.15, 0.2) is 47.4 Å². The number of aliphatic carboxylic acids is 1. The Morgan fingerprint density at radius 3 is 2.54 bits per heavy atom. The Morgan fingerprint density at radius 1 is 1.25 bits per heavy atom. The Hall–Kier alpha value is -2.56. The van der Waals surface area contributed by atoms with E-state index in [-0.39, 0.29) is 17.1 Å². The number of benzene rings is 2. The van der Waals surface area contributed by atoms with E-state index < -0.39 is 55.7 Å². The van der Waals surface area contributed by atoms with E-state index in [9.17, 15) is 32.8 Å². The number of carboxylic acids is 1. The summed E-state index contributed by atoms with van der Waals surface area (Å²) in [6, 6.07) is 8.52. The normalized spacial score (nSPS) is 20.2. The number of para-hydroxylation sites is 1. The number of hydrogen-bond acceptors (Lipinski definition) is 5. The fourth-order valence-electron chi connectivity index (χ4n) is 3.30. The molecular weight excluding hydrogens is 415 g/mol. The molecule has 2 aromatic rings. The summed E-state index contributed by atoms with van der Waals surface area (Å²) in [5, 5.41) is 20.8. The van der Waals surface area contributed by atoms with Crippen LogP contribution in [0.5, 0.6) is 0 Å². The molecule has 2 atom stereocenters. The van der Waals surface area contributed by atoms with Gasteiger partial charge in [0.05, 0.1) is 10.8 Å². The third kappa shape index (κ3) is 3.58. The van der Waals surface area contributed by atoms with Gasteiger partial charge in [0.1, 0.15) is 5.82 Å². The Morgan fingerprint density at radius 2 is 1.93 bits per heavy atom. The molecule has 3 rings (SSSR count). The van der Waals surface area contributed by atoms with Gasteiger partial charge >= 0.3 is 5.97 Å². The molecule has 11 heteroatoms. The first-order chi connectivity index (χ1) is 13.1. The topological polar surface area (TPSA) is 118 Å². The second kappa shape index (κ2) is 7.46. The molecule has 28 heavy (non-hydrogen) atoms. The van der Waals surface area contributed by atoms with Gasteiger partial charge in [0.25, 0.3) is 5.69 Å². The Balaban J connectivity index is 2.03. The summed E-state index contributed by atoms with van der Waals surface area (Å²) in [6.07, 6.45) is 0. The Kier molecular flexibility index (Phi) is 5.37. The first-order valence-electron chi connectivity index (χ1n) is 8.04. The maximum absolute atomic E-state index is 14.3. The lowest BCUT2D eigenvalue weighted by molar-refractivity contribution is -0.387. The highest BCUT2D eigenvalue weighted by Gasteiger charge is 2.45. The SMILES string of the molecule is O=C(O)[C@@H]1CN(S(=O)(=O)c2ccccc2[N+](=O)[O-])C[C@H]1c1ccc(Cl)cc1F. The van der Waals surface area contributed by atoms with Crippen molar-refractivity contribution in [2.45, 2.75) is 10.8 Å². The van der Waals surface area contributed by atoms with Crippen LogP contribution in [0.4, 0.5) is 10.1 Å². The second-order valence-corrected chi connectivity index (χ2v) is 8.61. The van der Waals surface area contributed by atoms with Gasteiger partial charge in [0.15, 0.2) is 4.90 Å². The van der Waals surface area contributed by atoms with Crippen molar-refractivity contribution in [1.82, 2.24) is 4.31 Å². The van der Waals surface area contributed by atoms with Crippen LogP contribution in [0.3, 0.4) is 0 Å². The van der Waals surface area contributed by atoms with Gasteiger partial charge in [-0.2, -0.15) is 4.31 Å². The molecule has 148 valence electrons. The van der Waals surface area contributed by atoms with Crippen LogP contribution >= 0.6 is 11.6 Å². The standard InChI is InChI=1S/C17H14ClFN2O6S/c18-10-5-6-11(14(19)7-10)12-8-20(9-13(12)17(22)23)28(26,27)16-4-2-1-3-15(16)21(24)25/h1-7,12-13H,8-9H2,(H,22,23)/t12-,13+/m0/s1. The minimum absolute atomic E-state index is 0.0251. The molecule has 0 bridgehead atoms. The van der Waals surface area contributed by atoms with Crippen molar-refractivity contribution in [3.05, 3.63) is 69.0 Å². The first-order valence-corrected chi connectivity index (χ1v) is 9.86. The Bertz CT molecular complexity index is 1060. The zero-order valence-electron chi connectivity index (χ0n) is 14.2. The quantitative estimate of drug-likeness (QED) is 0.578. The largest absolute Gasteiger partial charge is 0.481 e. The van der Waals surface area contributed by atoms with E-state index in [1.54, 1.807) is 0 Å². The van der Waals surface area contributed by atoms with Gasteiger partial charge in [-0.25, -0.2) is 12.8 Å². The minimum Gasteiger partial charge on any atom is -0.481 e. The van der Waals surface area contributed by atoms with Crippen molar-refractivity contribution in [2.75, 3.05) is 13.1 Å². The summed E-state index contributed by atoms with van der Waals surface area (Å²) in [5.41, 5.74) is -0.590. The van der Waals surface area contributed by atoms with Gasteiger partial charge in [-0.1, -0.05) is 29.8 Å². The molecule has 0 amide bonds. The molecule has 0 aliphatic carbocycles. The van der Waals surface area contributed by atoms with Crippen molar-refractivity contribution < 1.29 is 27.6 Å². The third-order valence-electron chi connectivity index (χ3n) is 4.65. The Labute approximate surface area is 164 Å². The van der Waals surface area contributed by atoms with Crippen LogP contribution < -0.4 is 0 Å². The van der Waals surface area contributed by atoms with Gasteiger partial charge < -0.3 is 5.11 Å². The summed E-state index contributed by atoms with van der Waals surface area (Å²) >= 11 is 5.72. The number of rotatable bonds is 5. The average Bonchev–Trinajstić information content (AvgIpc) is 3.08. The lowest BCUT2D eigenvalue weighted by Crippen LogP contribution is -2.30. The fraction of sp³-hybridized carbons (Fsp3) is 0.235. The number of nitrogens with zero attached hydrogens (tertiary/aromatic N) is 2. The van der Waals surface area contributed by atoms with Crippen LogP contribution in [0.2, 0.25) is 5.02 Å². The number of halogens is 2. The van der Waals surface area contributed by atoms with Crippen LogP contribution in [0.25, 0.3) is 0 Å². The summed E-state index contributed by atoms with van der Waals surface area (Å²) in [4.78, 5) is 21.5. The third-order valence-corrected chi connectivity index (χ3v) is 6.76. The maximum Gasteiger partial charge on any atom is 0.308 e. The van der Waals surface area contributed by atoms with Crippen molar-refractivity contribution in [2.24, 2.45) is 5.92 Å². The highest BCUT2D eigenvalue weighted by atomic mass is 35.5. The molecule has 1 fully saturated rings. The van der Waals surface area contributed by atoms with Gasteiger partial charge in [-0.15, -0.1) is 0 Å². The zero-order valence-corrected chi connectivity index (χ0v) is 15.7. The van der Waals surface area contributed by atoms with Gasteiger partial charge in [0.2, 0.25) is 10.0 Å². The number of carboxylic acid groups (broad SMARTS) is 1. The summed E-state index contributed by atoms with van der Waals surface area (Å²) < 4.78 is 41.1. The number of nitro groups is 1. The molecule has 0 aromatic heterocycles. The number of hydrogen-bond donors (Lipinski definition) is 1. The number of sulfonamides is 1. The summed E-state index contributed by atoms with van der Waals surface area (Å²) in [5.74, 6) is -4.21. The van der Waals surface area contributed by atoms with Crippen molar-refractivity contribution >= 4 is 33.3 Å². The minimum atomic E-state index is -4.36. The molecule has 2 aromatic carbocycles. The van der Waals surface area contributed by atoms with E-state index in [0.717, 1.165) is 22.5 Å². The first kappa shape index (κ1) is 20.2. The fourth-order valence-corrected chi connectivity index (χ4v) is 5.10. The molecule has 1 saturated heterocycles. The van der Waals surface area contributed by atoms with E-state index in [0.29, 0.717) is 0 Å². The van der Waals surface area contributed by atoms with Crippen molar-refractivity contribution in [3.8, 4) is 0 Å². The molecule has 0 saturated carbocycles. The molecule has 1 N–H and O–H groups in total. The van der Waals surface area contributed by atoms with E-state index >= 15 is 0 Å². The lowest BCUT2D eigenvalue weighted by Gasteiger charge is -2.17. The summed E-state index contributed by atoms with van der Waals surface area (Å²) in [6.45, 7) is -0.764. The predicted molar refractivity (Wildman–Crippen MR) is 97.1 cm³/mol. The van der Waals surface area contributed by atoms with Crippen molar-refractivity contribution in [1.29, 1.82) is 0 Å². The van der Waals surface area contributed by atoms with E-state index in [1.165, 1.54) is 24.3 Å². The molecule has 0 radical (unpaired) electrons. The van der Waals surface area contributed by atoms with E-state index in [4.69, 9.17) is 11.6 Å². The van der Waals surface area contributed by atoms with Crippen molar-refractivity contribution in [3.63, 3.8) is 0 Å². The summed E-state index contributed by atoms with van der Waals surface area (Å²) in [7, 11) is -4.36. The average molecular weight is 429 g/mol. The number of carbonyl (C=O) groups is 1. The zero-order chi connectivity index (χ0) is 20.6. The number of nitro benzene ring substituents is 1. The van der Waals surface area contributed by atoms with E-state index in [2.05, 4.69) is 0 Å². The van der Waals surface area contributed by atoms with Gasteiger partial charge in [-0.3, -0.25) is 14.9 Å². The lowest BCUT2D eigenvalue weighted by atomic mass is 9.89. The van der Waals surface area contributed by atoms with Crippen LogP contribution in [0.1, 0.15) is 11.5 Å². The second-order valence-electron chi connectivity index (χ2n) is 6.26. The predicted octanol–water partition coefficient (Wildman–Crippen LogP) is 2.88. The molecule has 0 spiro atoms. The molecule has 1 aliphatic heterocycles. The highest BCUT2D eigenvalue weighted by molar-refractivity contribution is 7.89. The molecular formula is C17H14ClFN2O6S. The van der Waals surface area contributed by atoms with Gasteiger partial charge in [0, 0.05) is 30.1 Å². The molecule has 0 unspecified atom stereocenters. The van der Waals surface area contributed by atoms with Crippen LogP contribution in [-0.4, -0.2) is 41.8 Å². The highest BCUT2D eigenvalue weighted by Crippen LogP contribution is 2.38. The molecule has 1 aliphatic rings. The molecule has 1 heterocycles. The smallest absolute Gasteiger partial charge is 0.308 e. The van der Waals surface area contributed by atoms with Gasteiger partial charge in [-0.05, 0) is 23.8 Å².